The lowest BCUT2D eigenvalue weighted by Crippen LogP contribution is -2.22. The van der Waals surface area contributed by atoms with Crippen LogP contribution in [-0.4, -0.2) is 56.4 Å². The maximum atomic E-state index is 12.7. The molecule has 8 nitrogen and oxygen atoms in total. The van der Waals surface area contributed by atoms with Crippen molar-refractivity contribution in [3.05, 3.63) is 88.4 Å². The minimum Gasteiger partial charge on any atom is -0.494 e. The van der Waals surface area contributed by atoms with E-state index in [0.29, 0.717) is 33.8 Å². The molecule has 0 saturated carbocycles. The number of rotatable bonds is 8. The molecule has 5 rings (SSSR count). The number of sulfonamides is 1. The van der Waals surface area contributed by atoms with Crippen molar-refractivity contribution in [2.24, 2.45) is 10.9 Å². The second-order valence-electron chi connectivity index (χ2n) is 9.58. The highest BCUT2D eigenvalue weighted by atomic mass is 35.5. The van der Waals surface area contributed by atoms with Crippen LogP contribution in [0.15, 0.2) is 76.6 Å². The zero-order chi connectivity index (χ0) is 26.9. The van der Waals surface area contributed by atoms with Gasteiger partial charge in [-0.2, -0.15) is 0 Å². The van der Waals surface area contributed by atoms with Crippen molar-refractivity contribution in [1.82, 2.24) is 14.8 Å². The van der Waals surface area contributed by atoms with Crippen LogP contribution in [0, 0.1) is 5.92 Å². The smallest absolute Gasteiger partial charge is 0.263 e. The van der Waals surface area contributed by atoms with Gasteiger partial charge in [0.1, 0.15) is 4.90 Å². The average molecular weight is 553 g/mol. The lowest BCUT2D eigenvalue weighted by atomic mass is 9.98. The van der Waals surface area contributed by atoms with E-state index in [-0.39, 0.29) is 15.8 Å². The number of aromatic amines is 1. The molecule has 0 spiro atoms. The third-order valence-corrected chi connectivity index (χ3v) is 8.52. The van der Waals surface area contributed by atoms with Crippen molar-refractivity contribution in [3.8, 4) is 5.88 Å². The van der Waals surface area contributed by atoms with Gasteiger partial charge < -0.3 is 15.0 Å². The molecular formula is C28H29ClN4O4S. The molecule has 2 heterocycles. The summed E-state index contributed by atoms with van der Waals surface area (Å²) in [5.74, 6) is 0.511. The Labute approximate surface area is 226 Å². The summed E-state index contributed by atoms with van der Waals surface area (Å²) in [6.07, 6.45) is 2.23. The summed E-state index contributed by atoms with van der Waals surface area (Å²) in [4.78, 5) is 16.6. The number of hydrogen-bond acceptors (Lipinski definition) is 6. The number of fused-ring (bicyclic) bond motifs is 1. The quantitative estimate of drug-likeness (QED) is 0.210. The number of likely N-dealkylation sites (tertiary alicyclic amines) is 1. The third kappa shape index (κ3) is 5.48. The molecule has 3 N–H and O–H groups in total. The summed E-state index contributed by atoms with van der Waals surface area (Å²) in [7, 11) is -0.690. The molecule has 0 amide bonds. The molecule has 38 heavy (non-hydrogen) atoms. The molecule has 1 fully saturated rings. The van der Waals surface area contributed by atoms with Crippen molar-refractivity contribution < 1.29 is 18.4 Å². The Hall–Kier alpha value is -3.21. The monoisotopic (exact) mass is 552 g/mol. The van der Waals surface area contributed by atoms with Crippen molar-refractivity contribution in [2.75, 3.05) is 27.2 Å². The predicted octanol–water partition coefficient (Wildman–Crippen LogP) is 5.03. The average Bonchev–Trinajstić information content (AvgIpc) is 3.44. The molecule has 1 atom stereocenters. The van der Waals surface area contributed by atoms with Gasteiger partial charge in [0.15, 0.2) is 5.88 Å². The van der Waals surface area contributed by atoms with Crippen LogP contribution in [0.3, 0.4) is 0 Å². The highest BCUT2D eigenvalue weighted by Crippen LogP contribution is 2.36. The van der Waals surface area contributed by atoms with Gasteiger partial charge >= 0.3 is 0 Å². The topological polar surface area (TPSA) is 107 Å². The number of halogens is 1. The second-order valence-corrected chi connectivity index (χ2v) is 11.6. The summed E-state index contributed by atoms with van der Waals surface area (Å²) >= 11 is 6.29. The minimum absolute atomic E-state index is 0.0166. The summed E-state index contributed by atoms with van der Waals surface area (Å²) in [5, 5.41) is 11.4. The Morgan fingerprint density at radius 2 is 1.92 bits per heavy atom. The molecular weight excluding hydrogens is 524 g/mol. The zero-order valence-corrected chi connectivity index (χ0v) is 22.7. The van der Waals surface area contributed by atoms with Crippen LogP contribution in [0.4, 0.5) is 5.69 Å². The number of aromatic nitrogens is 1. The van der Waals surface area contributed by atoms with Crippen LogP contribution in [-0.2, 0) is 21.3 Å². The van der Waals surface area contributed by atoms with Crippen molar-refractivity contribution in [1.29, 1.82) is 0 Å². The van der Waals surface area contributed by atoms with E-state index < -0.39 is 10.0 Å². The van der Waals surface area contributed by atoms with Gasteiger partial charge in [-0.3, -0.25) is 4.84 Å². The summed E-state index contributed by atoms with van der Waals surface area (Å²) in [5.41, 5.74) is 4.07. The molecule has 1 aliphatic rings. The molecule has 0 unspecified atom stereocenters. The second kappa shape index (κ2) is 10.9. The van der Waals surface area contributed by atoms with Gasteiger partial charge in [0, 0.05) is 17.5 Å². The van der Waals surface area contributed by atoms with E-state index >= 15 is 0 Å². The first-order valence-corrected chi connectivity index (χ1v) is 14.1. The number of nitrogens with one attached hydrogen (secondary N) is 2. The van der Waals surface area contributed by atoms with Gasteiger partial charge in [-0.15, -0.1) is 0 Å². The molecule has 198 valence electrons. The van der Waals surface area contributed by atoms with Crippen molar-refractivity contribution in [3.63, 3.8) is 0 Å². The fraction of sp³-hybridized carbons (Fsp3) is 0.250. The highest BCUT2D eigenvalue weighted by Gasteiger charge is 2.25. The number of hydrogen-bond donors (Lipinski definition) is 3. The van der Waals surface area contributed by atoms with E-state index in [4.69, 9.17) is 16.6 Å². The number of H-pyrrole nitrogens is 1. The standard InChI is InChI=1S/C28H29ClN4O4S/c1-33-13-12-19(17-33)14-18-8-10-21(11-9-18)30-27(20-6-4-3-5-7-20)26-22-15-25(38(35,36)32-37-2)23(29)16-24(22)31-28(26)34/h3-11,15-16,19,31-32,34H,12-14,17H2,1-2H3/t19-/m0/s1. The van der Waals surface area contributed by atoms with Crippen LogP contribution < -0.4 is 4.89 Å². The van der Waals surface area contributed by atoms with Gasteiger partial charge in [0.2, 0.25) is 0 Å². The summed E-state index contributed by atoms with van der Waals surface area (Å²) in [6, 6.07) is 20.4. The minimum atomic E-state index is -4.05. The molecule has 3 aromatic carbocycles. The van der Waals surface area contributed by atoms with Crippen molar-refractivity contribution in [2.45, 2.75) is 17.7 Å². The Morgan fingerprint density at radius 1 is 1.18 bits per heavy atom. The molecule has 0 bridgehead atoms. The van der Waals surface area contributed by atoms with Crippen LogP contribution in [0.1, 0.15) is 23.1 Å². The Kier molecular flexibility index (Phi) is 7.56. The molecule has 4 aromatic rings. The fourth-order valence-electron chi connectivity index (χ4n) is 5.00. The summed E-state index contributed by atoms with van der Waals surface area (Å²) in [6.45, 7) is 2.25. The van der Waals surface area contributed by atoms with Gasteiger partial charge in [-0.05, 0) is 62.2 Å². The van der Waals surface area contributed by atoms with Gasteiger partial charge in [0.25, 0.3) is 10.0 Å². The van der Waals surface area contributed by atoms with Gasteiger partial charge in [-0.25, -0.2) is 13.4 Å². The first-order valence-electron chi connectivity index (χ1n) is 12.3. The van der Waals surface area contributed by atoms with Crippen LogP contribution in [0.5, 0.6) is 5.88 Å². The lowest BCUT2D eigenvalue weighted by molar-refractivity contribution is 0.153. The maximum Gasteiger partial charge on any atom is 0.263 e. The van der Waals surface area contributed by atoms with E-state index in [0.717, 1.165) is 25.1 Å². The molecule has 0 radical (unpaired) electrons. The van der Waals surface area contributed by atoms with E-state index in [1.54, 1.807) is 0 Å². The third-order valence-electron chi connectivity index (χ3n) is 6.79. The largest absolute Gasteiger partial charge is 0.494 e. The van der Waals surface area contributed by atoms with Crippen molar-refractivity contribution >= 4 is 43.9 Å². The molecule has 1 aromatic heterocycles. The highest BCUT2D eigenvalue weighted by molar-refractivity contribution is 7.89. The molecule has 0 aliphatic carbocycles. The van der Waals surface area contributed by atoms with Crippen LogP contribution in [0.25, 0.3) is 10.9 Å². The SMILES string of the molecule is CONS(=O)(=O)c1cc2c(C(=Nc3ccc(C[C@@H]4CCN(C)C4)cc3)c3ccccc3)c(O)[nH]c2cc1Cl. The van der Waals surface area contributed by atoms with E-state index in [1.165, 1.54) is 31.2 Å². The maximum absolute atomic E-state index is 12.7. The number of nitrogens with zero attached hydrogens (tertiary/aromatic N) is 2. The fourth-order valence-corrected chi connectivity index (χ4v) is 6.37. The Balaban J connectivity index is 1.60. The first kappa shape index (κ1) is 26.4. The Morgan fingerprint density at radius 3 is 2.58 bits per heavy atom. The number of aromatic hydroxyl groups is 1. The van der Waals surface area contributed by atoms with E-state index in [1.807, 2.05) is 47.3 Å². The van der Waals surface area contributed by atoms with Crippen LogP contribution in [0.2, 0.25) is 5.02 Å². The van der Waals surface area contributed by atoms with Gasteiger partial charge in [0.05, 0.1) is 34.6 Å². The predicted molar refractivity (Wildman–Crippen MR) is 150 cm³/mol. The lowest BCUT2D eigenvalue weighted by Gasteiger charge is -2.11. The normalized spacial score (nSPS) is 16.9. The van der Waals surface area contributed by atoms with E-state index in [9.17, 15) is 13.5 Å². The number of aliphatic imine (C=N–C) groups is 1. The molecule has 1 aliphatic heterocycles. The summed E-state index contributed by atoms with van der Waals surface area (Å²) < 4.78 is 25.4. The van der Waals surface area contributed by atoms with Gasteiger partial charge in [-0.1, -0.05) is 59.0 Å². The zero-order valence-electron chi connectivity index (χ0n) is 21.1. The van der Waals surface area contributed by atoms with E-state index in [2.05, 4.69) is 33.9 Å². The number of benzene rings is 3. The van der Waals surface area contributed by atoms with Crippen LogP contribution >= 0.6 is 11.6 Å². The molecule has 10 heteroatoms. The Bertz CT molecular complexity index is 1580. The first-order chi connectivity index (χ1) is 18.2. The molecule has 1 saturated heterocycles.